The Morgan fingerprint density at radius 2 is 2.08 bits per heavy atom. The number of carbonyl (C=O) groups is 1. The number of nitriles is 1. The van der Waals surface area contributed by atoms with Crippen LogP contribution in [-0.4, -0.2) is 17.4 Å². The zero-order chi connectivity index (χ0) is 17.8. The van der Waals surface area contributed by atoms with Crippen molar-refractivity contribution in [2.24, 2.45) is 0 Å². The van der Waals surface area contributed by atoms with Gasteiger partial charge in [0.05, 0.1) is 4.92 Å². The van der Waals surface area contributed by atoms with E-state index in [2.05, 4.69) is 5.32 Å². The lowest BCUT2D eigenvalue weighted by molar-refractivity contribution is -0.384. The standard InChI is InChI=1S/C18H14N4O3/c19-11-14(12-21-9-8-13-4-1-2-7-17(13)21)18(23)20-15-5-3-6-16(10-15)22(24)25/h1-7,10,12H,8-9H2,(H,20,23)/b14-12-. The second kappa shape index (κ2) is 6.84. The third-order valence-corrected chi connectivity index (χ3v) is 3.89. The van der Waals surface area contributed by atoms with E-state index in [1.165, 1.54) is 30.5 Å². The maximum atomic E-state index is 12.3. The molecule has 0 spiro atoms. The number of carbonyl (C=O) groups excluding carboxylic acids is 1. The number of nitro benzene ring substituents is 1. The monoisotopic (exact) mass is 334 g/mol. The number of anilines is 2. The molecule has 2 aromatic rings. The zero-order valence-corrected chi connectivity index (χ0v) is 13.2. The summed E-state index contributed by atoms with van der Waals surface area (Å²) in [5.41, 5.74) is 2.20. The van der Waals surface area contributed by atoms with Crippen molar-refractivity contribution in [2.75, 3.05) is 16.8 Å². The van der Waals surface area contributed by atoms with E-state index in [0.717, 1.165) is 17.7 Å². The summed E-state index contributed by atoms with van der Waals surface area (Å²) in [7, 11) is 0. The SMILES string of the molecule is N#C/C(=C/N1CCc2ccccc21)C(=O)Nc1cccc([N+](=O)[O-])c1. The molecule has 0 aromatic heterocycles. The molecule has 1 aliphatic rings. The molecule has 0 radical (unpaired) electrons. The Morgan fingerprint density at radius 3 is 2.84 bits per heavy atom. The smallest absolute Gasteiger partial charge is 0.271 e. The fraction of sp³-hybridized carbons (Fsp3) is 0.111. The molecule has 2 aromatic carbocycles. The van der Waals surface area contributed by atoms with Crippen molar-refractivity contribution in [3.8, 4) is 6.07 Å². The number of nitrogens with zero attached hydrogens (tertiary/aromatic N) is 3. The molecule has 0 fully saturated rings. The molecule has 7 heteroatoms. The van der Waals surface area contributed by atoms with Crippen molar-refractivity contribution in [2.45, 2.75) is 6.42 Å². The molecular weight excluding hydrogens is 320 g/mol. The van der Waals surface area contributed by atoms with E-state index < -0.39 is 10.8 Å². The average Bonchev–Trinajstić information content (AvgIpc) is 3.02. The molecule has 0 saturated carbocycles. The van der Waals surface area contributed by atoms with Gasteiger partial charge in [-0.05, 0) is 24.1 Å². The van der Waals surface area contributed by atoms with E-state index in [4.69, 9.17) is 0 Å². The van der Waals surface area contributed by atoms with Crippen LogP contribution in [0.5, 0.6) is 0 Å². The molecule has 25 heavy (non-hydrogen) atoms. The first-order chi connectivity index (χ1) is 12.1. The third kappa shape index (κ3) is 3.48. The van der Waals surface area contributed by atoms with Gasteiger partial charge in [0.15, 0.2) is 0 Å². The number of nitrogens with one attached hydrogen (secondary N) is 1. The second-order valence-corrected chi connectivity index (χ2v) is 5.49. The van der Waals surface area contributed by atoms with Gasteiger partial charge in [-0.3, -0.25) is 14.9 Å². The van der Waals surface area contributed by atoms with Gasteiger partial charge in [0.2, 0.25) is 0 Å². The molecule has 1 heterocycles. The molecule has 0 atom stereocenters. The Morgan fingerprint density at radius 1 is 1.28 bits per heavy atom. The molecule has 0 saturated heterocycles. The topological polar surface area (TPSA) is 99.3 Å². The number of amides is 1. The highest BCUT2D eigenvalue weighted by molar-refractivity contribution is 6.07. The van der Waals surface area contributed by atoms with Gasteiger partial charge in [-0.25, -0.2) is 0 Å². The second-order valence-electron chi connectivity index (χ2n) is 5.49. The van der Waals surface area contributed by atoms with Gasteiger partial charge in [-0.1, -0.05) is 24.3 Å². The van der Waals surface area contributed by atoms with Gasteiger partial charge in [-0.15, -0.1) is 0 Å². The van der Waals surface area contributed by atoms with Crippen LogP contribution in [0.3, 0.4) is 0 Å². The summed E-state index contributed by atoms with van der Waals surface area (Å²) in [5, 5.41) is 22.6. The molecule has 1 aliphatic heterocycles. The van der Waals surface area contributed by atoms with Gasteiger partial charge < -0.3 is 10.2 Å². The molecule has 0 bridgehead atoms. The molecule has 1 N–H and O–H groups in total. The van der Waals surface area contributed by atoms with E-state index in [9.17, 15) is 20.2 Å². The highest BCUT2D eigenvalue weighted by Crippen LogP contribution is 2.28. The fourth-order valence-corrected chi connectivity index (χ4v) is 2.69. The summed E-state index contributed by atoms with van der Waals surface area (Å²) in [6.45, 7) is 0.689. The Kier molecular flexibility index (Phi) is 4.44. The van der Waals surface area contributed by atoms with Crippen LogP contribution in [0, 0.1) is 21.4 Å². The van der Waals surface area contributed by atoms with Crippen LogP contribution in [0.15, 0.2) is 60.3 Å². The van der Waals surface area contributed by atoms with Crippen LogP contribution in [0.2, 0.25) is 0 Å². The maximum Gasteiger partial charge on any atom is 0.271 e. The minimum atomic E-state index is -0.604. The Balaban J connectivity index is 1.80. The van der Waals surface area contributed by atoms with Gasteiger partial charge in [0, 0.05) is 36.3 Å². The minimum absolute atomic E-state index is 0.0665. The van der Waals surface area contributed by atoms with Crippen molar-refractivity contribution in [1.29, 1.82) is 5.26 Å². The first kappa shape index (κ1) is 16.2. The maximum absolute atomic E-state index is 12.3. The zero-order valence-electron chi connectivity index (χ0n) is 13.2. The van der Waals surface area contributed by atoms with E-state index in [0.29, 0.717) is 6.54 Å². The molecule has 0 aliphatic carbocycles. The fourth-order valence-electron chi connectivity index (χ4n) is 2.69. The minimum Gasteiger partial charge on any atom is -0.346 e. The highest BCUT2D eigenvalue weighted by Gasteiger charge is 2.19. The lowest BCUT2D eigenvalue weighted by atomic mass is 10.2. The number of hydrogen-bond donors (Lipinski definition) is 1. The first-order valence-corrected chi connectivity index (χ1v) is 7.61. The van der Waals surface area contributed by atoms with Gasteiger partial charge in [0.1, 0.15) is 11.6 Å². The molecule has 124 valence electrons. The largest absolute Gasteiger partial charge is 0.346 e. The molecular formula is C18H14N4O3. The number of nitro groups is 1. The Bertz CT molecular complexity index is 915. The first-order valence-electron chi connectivity index (χ1n) is 7.61. The highest BCUT2D eigenvalue weighted by atomic mass is 16.6. The predicted molar refractivity (Wildman–Crippen MR) is 92.9 cm³/mol. The Labute approximate surface area is 143 Å². The van der Waals surface area contributed by atoms with Crippen molar-refractivity contribution in [1.82, 2.24) is 0 Å². The van der Waals surface area contributed by atoms with Crippen molar-refractivity contribution >= 4 is 23.0 Å². The summed E-state index contributed by atoms with van der Waals surface area (Å²) in [4.78, 5) is 24.4. The molecule has 1 amide bonds. The van der Waals surface area contributed by atoms with Gasteiger partial charge >= 0.3 is 0 Å². The van der Waals surface area contributed by atoms with Crippen LogP contribution >= 0.6 is 0 Å². The summed E-state index contributed by atoms with van der Waals surface area (Å²) in [6.07, 6.45) is 2.36. The van der Waals surface area contributed by atoms with Gasteiger partial charge in [0.25, 0.3) is 11.6 Å². The average molecular weight is 334 g/mol. The summed E-state index contributed by atoms with van der Waals surface area (Å²) >= 11 is 0. The van der Waals surface area contributed by atoms with E-state index >= 15 is 0 Å². The van der Waals surface area contributed by atoms with Crippen LogP contribution < -0.4 is 10.2 Å². The molecule has 0 unspecified atom stereocenters. The Hall–Kier alpha value is -3.66. The number of benzene rings is 2. The number of rotatable bonds is 4. The molecule has 7 nitrogen and oxygen atoms in total. The van der Waals surface area contributed by atoms with Crippen LogP contribution in [0.25, 0.3) is 0 Å². The van der Waals surface area contributed by atoms with E-state index in [1.807, 2.05) is 35.2 Å². The van der Waals surface area contributed by atoms with Crippen LogP contribution in [0.1, 0.15) is 5.56 Å². The number of fused-ring (bicyclic) bond motifs is 1. The lowest BCUT2D eigenvalue weighted by Gasteiger charge is -2.14. The summed E-state index contributed by atoms with van der Waals surface area (Å²) in [5.74, 6) is -0.604. The van der Waals surface area contributed by atoms with Crippen molar-refractivity contribution in [3.63, 3.8) is 0 Å². The number of non-ortho nitro benzene ring substituents is 1. The predicted octanol–water partition coefficient (Wildman–Crippen LogP) is 3.00. The van der Waals surface area contributed by atoms with Crippen molar-refractivity contribution in [3.05, 3.63) is 76.0 Å². The number of para-hydroxylation sites is 1. The molecule has 3 rings (SSSR count). The third-order valence-electron chi connectivity index (χ3n) is 3.89. The summed E-state index contributed by atoms with van der Waals surface area (Å²) < 4.78 is 0. The normalized spacial score (nSPS) is 13.1. The van der Waals surface area contributed by atoms with Gasteiger partial charge in [-0.2, -0.15) is 5.26 Å². The lowest BCUT2D eigenvalue weighted by Crippen LogP contribution is -2.19. The van der Waals surface area contributed by atoms with E-state index in [1.54, 1.807) is 0 Å². The number of hydrogen-bond acceptors (Lipinski definition) is 5. The summed E-state index contributed by atoms with van der Waals surface area (Å²) in [6, 6.07) is 15.3. The quantitative estimate of drug-likeness (QED) is 0.401. The van der Waals surface area contributed by atoms with Crippen LogP contribution in [-0.2, 0) is 11.2 Å². The van der Waals surface area contributed by atoms with E-state index in [-0.39, 0.29) is 16.9 Å². The van der Waals surface area contributed by atoms with Crippen LogP contribution in [0.4, 0.5) is 17.1 Å². The van der Waals surface area contributed by atoms with Crippen molar-refractivity contribution < 1.29 is 9.72 Å².